The van der Waals surface area contributed by atoms with Crippen LogP contribution in [0.5, 0.6) is 0 Å². The first-order chi connectivity index (χ1) is 5.98. The van der Waals surface area contributed by atoms with Crippen molar-refractivity contribution in [1.82, 2.24) is 0 Å². The lowest BCUT2D eigenvalue weighted by atomic mass is 9.86. The molecule has 1 aliphatic carbocycles. The van der Waals surface area contributed by atoms with E-state index in [1.165, 1.54) is 0 Å². The van der Waals surface area contributed by atoms with Crippen molar-refractivity contribution in [3.8, 4) is 0 Å². The van der Waals surface area contributed by atoms with E-state index in [-0.39, 0.29) is 18.6 Å². The molecule has 4 atom stereocenters. The van der Waals surface area contributed by atoms with Crippen molar-refractivity contribution in [3.05, 3.63) is 0 Å². The van der Waals surface area contributed by atoms with E-state index in [9.17, 15) is 9.59 Å². The predicted octanol–water partition coefficient (Wildman–Crippen LogP) is -0.193. The number of carboxylic acids is 2. The zero-order chi connectivity index (χ0) is 9.80. The topological polar surface area (TPSA) is 83.8 Å². The van der Waals surface area contributed by atoms with Gasteiger partial charge in [-0.1, -0.05) is 0 Å². The largest absolute Gasteiger partial charge is 0.481 e. The lowest BCUT2D eigenvalue weighted by Gasteiger charge is -2.19. The third-order valence-electron chi connectivity index (χ3n) is 3.04. The Morgan fingerprint density at radius 3 is 2.46 bits per heavy atom. The molecule has 5 nitrogen and oxygen atoms in total. The lowest BCUT2D eigenvalue weighted by molar-refractivity contribution is -0.152. The first-order valence-electron chi connectivity index (χ1n) is 4.06. The average molecular weight is 186 g/mol. The van der Waals surface area contributed by atoms with Gasteiger partial charge < -0.3 is 14.9 Å². The average Bonchev–Trinajstić information content (AvgIpc) is 2.66. The second kappa shape index (κ2) is 2.23. The third kappa shape index (κ3) is 0.904. The second-order valence-corrected chi connectivity index (χ2v) is 3.89. The molecule has 13 heavy (non-hydrogen) atoms. The minimum Gasteiger partial charge on any atom is -0.481 e. The molecule has 5 heteroatoms. The quantitative estimate of drug-likeness (QED) is 0.624. The Morgan fingerprint density at radius 2 is 2.08 bits per heavy atom. The molecular formula is C8H10O5. The van der Waals surface area contributed by atoms with Crippen LogP contribution in [0.4, 0.5) is 0 Å². The number of carboxylic acid groups (broad SMARTS) is 2. The molecule has 0 spiro atoms. The number of hydrogen-bond acceptors (Lipinski definition) is 3. The van der Waals surface area contributed by atoms with Gasteiger partial charge in [0.15, 0.2) is 0 Å². The van der Waals surface area contributed by atoms with Gasteiger partial charge in [0.05, 0.1) is 24.0 Å². The molecule has 0 radical (unpaired) electrons. The lowest BCUT2D eigenvalue weighted by Crippen LogP contribution is -2.33. The van der Waals surface area contributed by atoms with Gasteiger partial charge in [-0.2, -0.15) is 0 Å². The molecule has 0 amide bonds. The molecule has 1 heterocycles. The third-order valence-corrected chi connectivity index (χ3v) is 3.04. The van der Waals surface area contributed by atoms with Crippen LogP contribution in [0, 0.1) is 17.3 Å². The van der Waals surface area contributed by atoms with Crippen LogP contribution in [0.3, 0.4) is 0 Å². The highest BCUT2D eigenvalue weighted by molar-refractivity contribution is 5.82. The zero-order valence-electron chi connectivity index (χ0n) is 7.06. The molecule has 72 valence electrons. The first-order valence-corrected chi connectivity index (χ1v) is 4.06. The van der Waals surface area contributed by atoms with Crippen LogP contribution >= 0.6 is 0 Å². The summed E-state index contributed by atoms with van der Waals surface area (Å²) in [5.41, 5.74) is -1.01. The molecule has 0 aromatic rings. The maximum absolute atomic E-state index is 10.9. The van der Waals surface area contributed by atoms with Crippen LogP contribution in [0.15, 0.2) is 0 Å². The fourth-order valence-electron chi connectivity index (χ4n) is 2.11. The van der Waals surface area contributed by atoms with E-state index in [2.05, 4.69) is 0 Å². The van der Waals surface area contributed by atoms with Crippen LogP contribution in [0.1, 0.15) is 6.92 Å². The van der Waals surface area contributed by atoms with Crippen LogP contribution in [-0.4, -0.2) is 34.9 Å². The summed E-state index contributed by atoms with van der Waals surface area (Å²) in [5, 5.41) is 17.6. The molecular weight excluding hydrogens is 176 g/mol. The van der Waals surface area contributed by atoms with E-state index < -0.39 is 23.3 Å². The molecule has 2 fully saturated rings. The summed E-state index contributed by atoms with van der Waals surface area (Å²) in [6, 6.07) is 0. The van der Waals surface area contributed by atoms with Gasteiger partial charge in [0.1, 0.15) is 0 Å². The fraction of sp³-hybridized carbons (Fsp3) is 0.750. The van der Waals surface area contributed by atoms with Crippen LogP contribution in [-0.2, 0) is 14.3 Å². The van der Waals surface area contributed by atoms with E-state index in [4.69, 9.17) is 14.9 Å². The number of rotatable bonds is 2. The normalized spacial score (nSPS) is 47.0. The monoisotopic (exact) mass is 186 g/mol. The number of hydrogen-bond donors (Lipinski definition) is 2. The van der Waals surface area contributed by atoms with Crippen molar-refractivity contribution in [1.29, 1.82) is 0 Å². The highest BCUT2D eigenvalue weighted by atomic mass is 16.5. The Morgan fingerprint density at radius 1 is 1.46 bits per heavy atom. The Balaban J connectivity index is 2.20. The molecule has 2 aliphatic rings. The zero-order valence-corrected chi connectivity index (χ0v) is 7.06. The summed E-state index contributed by atoms with van der Waals surface area (Å²) in [4.78, 5) is 21.5. The van der Waals surface area contributed by atoms with Crippen molar-refractivity contribution < 1.29 is 24.5 Å². The summed E-state index contributed by atoms with van der Waals surface area (Å²) in [5.74, 6) is -2.89. The van der Waals surface area contributed by atoms with Gasteiger partial charge >= 0.3 is 11.9 Å². The van der Waals surface area contributed by atoms with Crippen LogP contribution < -0.4 is 0 Å². The number of aliphatic carboxylic acids is 2. The molecule has 1 saturated carbocycles. The highest BCUT2D eigenvalue weighted by Crippen LogP contribution is 2.58. The first kappa shape index (κ1) is 8.50. The van der Waals surface area contributed by atoms with Gasteiger partial charge in [-0.05, 0) is 6.92 Å². The molecule has 0 bridgehead atoms. The van der Waals surface area contributed by atoms with Crippen LogP contribution in [0.2, 0.25) is 0 Å². The van der Waals surface area contributed by atoms with E-state index in [0.29, 0.717) is 0 Å². The maximum Gasteiger partial charge on any atom is 0.312 e. The fourth-order valence-corrected chi connectivity index (χ4v) is 2.11. The van der Waals surface area contributed by atoms with Gasteiger partial charge in [-0.3, -0.25) is 9.59 Å². The minimum absolute atomic E-state index is 0.126. The van der Waals surface area contributed by atoms with E-state index >= 15 is 0 Å². The van der Waals surface area contributed by atoms with Crippen molar-refractivity contribution in [2.75, 3.05) is 6.61 Å². The van der Waals surface area contributed by atoms with E-state index in [1.54, 1.807) is 6.92 Å². The minimum atomic E-state index is -1.01. The van der Waals surface area contributed by atoms with Gasteiger partial charge in [0.2, 0.25) is 0 Å². The molecule has 1 aliphatic heterocycles. The molecule has 2 N–H and O–H groups in total. The number of ether oxygens (including phenoxy) is 1. The molecule has 4 unspecified atom stereocenters. The Bertz CT molecular complexity index is 286. The Hall–Kier alpha value is -1.10. The summed E-state index contributed by atoms with van der Waals surface area (Å²) >= 11 is 0. The maximum atomic E-state index is 10.9. The summed E-state index contributed by atoms with van der Waals surface area (Å²) in [6.45, 7) is 1.67. The van der Waals surface area contributed by atoms with Crippen LogP contribution in [0.25, 0.3) is 0 Å². The number of carbonyl (C=O) groups is 2. The molecule has 1 saturated heterocycles. The molecule has 2 rings (SSSR count). The van der Waals surface area contributed by atoms with E-state index in [1.807, 2.05) is 0 Å². The summed E-state index contributed by atoms with van der Waals surface area (Å²) < 4.78 is 5.12. The molecule has 0 aromatic carbocycles. The van der Waals surface area contributed by atoms with Crippen molar-refractivity contribution in [2.45, 2.75) is 13.0 Å². The highest BCUT2D eigenvalue weighted by Gasteiger charge is 2.71. The smallest absolute Gasteiger partial charge is 0.312 e. The summed E-state index contributed by atoms with van der Waals surface area (Å²) in [6.07, 6.45) is -0.376. The van der Waals surface area contributed by atoms with Gasteiger partial charge in [-0.25, -0.2) is 0 Å². The number of fused-ring (bicyclic) bond motifs is 1. The van der Waals surface area contributed by atoms with Gasteiger partial charge in [-0.15, -0.1) is 0 Å². The van der Waals surface area contributed by atoms with Crippen molar-refractivity contribution in [3.63, 3.8) is 0 Å². The predicted molar refractivity (Wildman–Crippen MR) is 40.1 cm³/mol. The van der Waals surface area contributed by atoms with Crippen molar-refractivity contribution in [2.24, 2.45) is 17.3 Å². The Kier molecular flexibility index (Phi) is 1.46. The summed E-state index contributed by atoms with van der Waals surface area (Å²) in [7, 11) is 0. The standard InChI is InChI=1S/C8H10O5/c1-8(7(11)12)2-13-5-3(4(5)8)6(9)10/h3-5H,2H2,1H3,(H,9,10)(H,11,12). The van der Waals surface area contributed by atoms with Gasteiger partial charge in [0.25, 0.3) is 0 Å². The van der Waals surface area contributed by atoms with Crippen molar-refractivity contribution >= 4 is 11.9 Å². The Labute approximate surface area is 74.3 Å². The van der Waals surface area contributed by atoms with E-state index in [0.717, 1.165) is 0 Å². The second-order valence-electron chi connectivity index (χ2n) is 3.89. The van der Waals surface area contributed by atoms with Gasteiger partial charge in [0, 0.05) is 5.92 Å². The SMILES string of the molecule is CC1(C(=O)O)COC2C(C(=O)O)C21. The molecule has 0 aromatic heterocycles.